The standard InChI is InChI=1S/C14H10N2O5S/c17-22(18,10-2-3-11-13(6-10)19-7-15-11)16-9-1-4-12-14(5-9)21-8-20-12/h1-7,16H,8H2. The molecule has 0 spiro atoms. The molecular weight excluding hydrogens is 308 g/mol. The zero-order valence-corrected chi connectivity index (χ0v) is 12.0. The summed E-state index contributed by atoms with van der Waals surface area (Å²) in [5, 5.41) is 0. The number of nitrogens with one attached hydrogen (secondary N) is 1. The summed E-state index contributed by atoms with van der Waals surface area (Å²) in [5.41, 5.74) is 1.40. The Balaban J connectivity index is 1.68. The van der Waals surface area contributed by atoms with Crippen LogP contribution in [0.25, 0.3) is 11.1 Å². The zero-order chi connectivity index (χ0) is 15.2. The molecule has 0 unspecified atom stereocenters. The molecule has 0 aliphatic carbocycles. The van der Waals surface area contributed by atoms with Crippen LogP contribution >= 0.6 is 0 Å². The van der Waals surface area contributed by atoms with Gasteiger partial charge >= 0.3 is 0 Å². The Kier molecular flexibility index (Phi) is 2.73. The van der Waals surface area contributed by atoms with E-state index in [1.807, 2.05) is 0 Å². The fourth-order valence-electron chi connectivity index (χ4n) is 2.18. The van der Waals surface area contributed by atoms with Crippen LogP contribution in [0.3, 0.4) is 0 Å². The van der Waals surface area contributed by atoms with Crippen LogP contribution in [0.1, 0.15) is 0 Å². The van der Waals surface area contributed by atoms with Crippen molar-refractivity contribution in [2.45, 2.75) is 4.90 Å². The summed E-state index contributed by atoms with van der Waals surface area (Å²) < 4.78 is 42.9. The van der Waals surface area contributed by atoms with E-state index in [0.29, 0.717) is 28.3 Å². The fourth-order valence-corrected chi connectivity index (χ4v) is 3.24. The zero-order valence-electron chi connectivity index (χ0n) is 11.1. The first-order chi connectivity index (χ1) is 10.6. The molecule has 22 heavy (non-hydrogen) atoms. The molecule has 1 aliphatic rings. The quantitative estimate of drug-likeness (QED) is 0.797. The van der Waals surface area contributed by atoms with E-state index in [9.17, 15) is 8.42 Å². The van der Waals surface area contributed by atoms with Gasteiger partial charge in [-0.2, -0.15) is 0 Å². The van der Waals surface area contributed by atoms with Gasteiger partial charge in [-0.3, -0.25) is 4.72 Å². The average Bonchev–Trinajstić information content (AvgIpc) is 3.14. The van der Waals surface area contributed by atoms with Crippen LogP contribution in [0.15, 0.2) is 52.1 Å². The van der Waals surface area contributed by atoms with Crippen molar-refractivity contribution >= 4 is 26.8 Å². The van der Waals surface area contributed by atoms with Gasteiger partial charge in [0.2, 0.25) is 6.79 Å². The first kappa shape index (κ1) is 13.0. The Labute approximate surface area is 125 Å². The van der Waals surface area contributed by atoms with Gasteiger partial charge in [0, 0.05) is 12.1 Å². The maximum atomic E-state index is 12.4. The van der Waals surface area contributed by atoms with Gasteiger partial charge in [-0.15, -0.1) is 0 Å². The second kappa shape index (κ2) is 4.63. The topological polar surface area (TPSA) is 90.7 Å². The van der Waals surface area contributed by atoms with E-state index in [1.54, 1.807) is 24.3 Å². The number of hydrogen-bond acceptors (Lipinski definition) is 6. The summed E-state index contributed by atoms with van der Waals surface area (Å²) in [5.74, 6) is 1.09. The molecule has 0 amide bonds. The molecule has 7 nitrogen and oxygen atoms in total. The van der Waals surface area contributed by atoms with Gasteiger partial charge < -0.3 is 13.9 Å². The molecule has 0 saturated heterocycles. The summed E-state index contributed by atoms with van der Waals surface area (Å²) in [6.45, 7) is 0.133. The van der Waals surface area contributed by atoms with Crippen molar-refractivity contribution in [1.82, 2.24) is 4.98 Å². The lowest BCUT2D eigenvalue weighted by Gasteiger charge is -2.08. The van der Waals surface area contributed by atoms with Crippen molar-refractivity contribution < 1.29 is 22.3 Å². The van der Waals surface area contributed by atoms with Crippen molar-refractivity contribution in [3.8, 4) is 11.5 Å². The number of ether oxygens (including phenoxy) is 2. The predicted octanol–water partition coefficient (Wildman–Crippen LogP) is 2.36. The normalized spacial score (nSPS) is 13.5. The van der Waals surface area contributed by atoms with Crippen molar-refractivity contribution in [2.24, 2.45) is 0 Å². The Morgan fingerprint density at radius 3 is 2.82 bits per heavy atom. The molecule has 4 rings (SSSR count). The highest BCUT2D eigenvalue weighted by atomic mass is 32.2. The molecule has 1 aliphatic heterocycles. The van der Waals surface area contributed by atoms with Crippen molar-refractivity contribution in [3.63, 3.8) is 0 Å². The van der Waals surface area contributed by atoms with E-state index in [-0.39, 0.29) is 11.7 Å². The molecule has 3 aromatic rings. The Morgan fingerprint density at radius 1 is 1.05 bits per heavy atom. The number of nitrogens with zero attached hydrogens (tertiary/aromatic N) is 1. The Morgan fingerprint density at radius 2 is 1.91 bits per heavy atom. The van der Waals surface area contributed by atoms with Gasteiger partial charge in [0.1, 0.15) is 5.52 Å². The minimum atomic E-state index is -3.73. The van der Waals surface area contributed by atoms with Gasteiger partial charge in [-0.05, 0) is 24.3 Å². The Bertz CT molecular complexity index is 964. The van der Waals surface area contributed by atoms with Gasteiger partial charge in [0.25, 0.3) is 10.0 Å². The average molecular weight is 318 g/mol. The lowest BCUT2D eigenvalue weighted by Crippen LogP contribution is -2.12. The summed E-state index contributed by atoms with van der Waals surface area (Å²) in [6.07, 6.45) is 1.27. The van der Waals surface area contributed by atoms with Gasteiger partial charge in [-0.1, -0.05) is 0 Å². The van der Waals surface area contributed by atoms with Crippen LogP contribution in [-0.2, 0) is 10.0 Å². The molecule has 112 valence electrons. The molecule has 0 atom stereocenters. The minimum Gasteiger partial charge on any atom is -0.454 e. The van der Waals surface area contributed by atoms with Crippen LogP contribution in [0, 0.1) is 0 Å². The van der Waals surface area contributed by atoms with Crippen LogP contribution in [0.5, 0.6) is 11.5 Å². The monoisotopic (exact) mass is 318 g/mol. The highest BCUT2D eigenvalue weighted by Gasteiger charge is 2.18. The number of benzene rings is 2. The number of fused-ring (bicyclic) bond motifs is 2. The first-order valence-electron chi connectivity index (χ1n) is 6.37. The Hall–Kier alpha value is -2.74. The molecule has 0 bridgehead atoms. The SMILES string of the molecule is O=S(=O)(Nc1ccc2c(c1)OCO2)c1ccc2ncoc2c1. The van der Waals surface area contributed by atoms with Crippen LogP contribution in [0.4, 0.5) is 5.69 Å². The maximum Gasteiger partial charge on any atom is 0.262 e. The van der Waals surface area contributed by atoms with Crippen molar-refractivity contribution in [1.29, 1.82) is 0 Å². The number of oxazole rings is 1. The third kappa shape index (κ3) is 2.13. The largest absolute Gasteiger partial charge is 0.454 e. The van der Waals surface area contributed by atoms with Crippen LogP contribution in [0.2, 0.25) is 0 Å². The molecule has 2 aromatic carbocycles. The molecule has 0 radical (unpaired) electrons. The van der Waals surface area contributed by atoms with E-state index in [2.05, 4.69) is 9.71 Å². The molecule has 0 fully saturated rings. The smallest absolute Gasteiger partial charge is 0.262 e. The summed E-state index contributed by atoms with van der Waals surface area (Å²) in [4.78, 5) is 4.04. The molecule has 0 saturated carbocycles. The molecule has 1 N–H and O–H groups in total. The number of anilines is 1. The highest BCUT2D eigenvalue weighted by Crippen LogP contribution is 2.34. The third-order valence-electron chi connectivity index (χ3n) is 3.24. The number of rotatable bonds is 3. The van der Waals surface area contributed by atoms with E-state index >= 15 is 0 Å². The molecule has 1 aromatic heterocycles. The predicted molar refractivity (Wildman–Crippen MR) is 77.4 cm³/mol. The lowest BCUT2D eigenvalue weighted by atomic mass is 10.3. The molecular formula is C14H10N2O5S. The molecule has 2 heterocycles. The number of sulfonamides is 1. The second-order valence-corrected chi connectivity index (χ2v) is 6.34. The maximum absolute atomic E-state index is 12.4. The molecule has 8 heteroatoms. The van der Waals surface area contributed by atoms with Crippen molar-refractivity contribution in [2.75, 3.05) is 11.5 Å². The van der Waals surface area contributed by atoms with Gasteiger partial charge in [-0.25, -0.2) is 13.4 Å². The van der Waals surface area contributed by atoms with Crippen LogP contribution in [-0.4, -0.2) is 20.2 Å². The lowest BCUT2D eigenvalue weighted by molar-refractivity contribution is 0.174. The minimum absolute atomic E-state index is 0.0921. The summed E-state index contributed by atoms with van der Waals surface area (Å²) in [6, 6.07) is 9.33. The second-order valence-electron chi connectivity index (χ2n) is 4.66. The van der Waals surface area contributed by atoms with E-state index in [1.165, 1.54) is 18.5 Å². The van der Waals surface area contributed by atoms with E-state index < -0.39 is 10.0 Å². The van der Waals surface area contributed by atoms with Crippen LogP contribution < -0.4 is 14.2 Å². The number of hydrogen-bond donors (Lipinski definition) is 1. The van der Waals surface area contributed by atoms with Crippen molar-refractivity contribution in [3.05, 3.63) is 42.8 Å². The first-order valence-corrected chi connectivity index (χ1v) is 7.86. The summed E-state index contributed by atoms with van der Waals surface area (Å²) in [7, 11) is -3.73. The third-order valence-corrected chi connectivity index (χ3v) is 4.62. The van der Waals surface area contributed by atoms with Gasteiger partial charge in [0.05, 0.1) is 10.6 Å². The van der Waals surface area contributed by atoms with Gasteiger partial charge in [0.15, 0.2) is 23.5 Å². The summed E-state index contributed by atoms with van der Waals surface area (Å²) >= 11 is 0. The van der Waals surface area contributed by atoms with E-state index in [0.717, 1.165) is 0 Å². The number of aromatic nitrogens is 1. The van der Waals surface area contributed by atoms with E-state index in [4.69, 9.17) is 13.9 Å². The fraction of sp³-hybridized carbons (Fsp3) is 0.0714. The highest BCUT2D eigenvalue weighted by molar-refractivity contribution is 7.92.